The molecule has 2 atom stereocenters. The van der Waals surface area contributed by atoms with Gasteiger partial charge in [0.1, 0.15) is 23.0 Å². The van der Waals surface area contributed by atoms with E-state index in [1.807, 2.05) is 0 Å². The topological polar surface area (TPSA) is 22.4 Å². The third-order valence-electron chi connectivity index (χ3n) is 7.63. The SMILES string of the molecule is Cc1cccc(-c2cc(-c3ccc4oc5ccc(C)cc5c4c3)c3c(c2)C2(C)C=CC=CC2O3)c1. The van der Waals surface area contributed by atoms with E-state index in [1.54, 1.807) is 0 Å². The van der Waals surface area contributed by atoms with Gasteiger partial charge in [0.2, 0.25) is 0 Å². The van der Waals surface area contributed by atoms with Gasteiger partial charge in [-0.25, -0.2) is 0 Å². The third kappa shape index (κ3) is 3.03. The summed E-state index contributed by atoms with van der Waals surface area (Å²) in [5.41, 5.74) is 10.1. The number of hydrogen-bond donors (Lipinski definition) is 0. The van der Waals surface area contributed by atoms with E-state index in [9.17, 15) is 0 Å². The number of aryl methyl sites for hydroxylation is 2. The molecule has 0 N–H and O–H groups in total. The van der Waals surface area contributed by atoms with Crippen molar-refractivity contribution in [3.8, 4) is 28.0 Å². The molecule has 2 heteroatoms. The summed E-state index contributed by atoms with van der Waals surface area (Å²) in [6, 6.07) is 26.2. The van der Waals surface area contributed by atoms with E-state index in [-0.39, 0.29) is 11.5 Å². The first kappa shape index (κ1) is 20.3. The summed E-state index contributed by atoms with van der Waals surface area (Å²) in [7, 11) is 0. The summed E-state index contributed by atoms with van der Waals surface area (Å²) in [6.45, 7) is 6.55. The maximum Gasteiger partial charge on any atom is 0.135 e. The number of fused-ring (bicyclic) bond motifs is 6. The molecule has 1 aromatic heterocycles. The van der Waals surface area contributed by atoms with E-state index in [0.717, 1.165) is 38.8 Å². The van der Waals surface area contributed by atoms with E-state index in [2.05, 4.69) is 118 Å². The molecule has 2 heterocycles. The van der Waals surface area contributed by atoms with Crippen molar-refractivity contribution in [2.45, 2.75) is 32.3 Å². The number of rotatable bonds is 2. The van der Waals surface area contributed by atoms with Crippen molar-refractivity contribution in [2.24, 2.45) is 0 Å². The van der Waals surface area contributed by atoms with Gasteiger partial charge in [0.15, 0.2) is 0 Å². The Bertz CT molecular complexity index is 1710. The van der Waals surface area contributed by atoms with Gasteiger partial charge in [-0.2, -0.15) is 0 Å². The predicted molar refractivity (Wildman–Crippen MR) is 144 cm³/mol. The third-order valence-corrected chi connectivity index (χ3v) is 7.63. The molecule has 0 radical (unpaired) electrons. The van der Waals surface area contributed by atoms with Gasteiger partial charge in [0.05, 0.1) is 5.41 Å². The maximum absolute atomic E-state index is 6.65. The highest BCUT2D eigenvalue weighted by Gasteiger charge is 2.44. The largest absolute Gasteiger partial charge is 0.484 e. The van der Waals surface area contributed by atoms with Crippen LogP contribution < -0.4 is 4.74 Å². The summed E-state index contributed by atoms with van der Waals surface area (Å²) in [5, 5.41) is 2.29. The summed E-state index contributed by atoms with van der Waals surface area (Å²) in [6.07, 6.45) is 8.68. The lowest BCUT2D eigenvalue weighted by molar-refractivity contribution is 0.228. The lowest BCUT2D eigenvalue weighted by Crippen LogP contribution is -2.32. The molecule has 5 aromatic rings. The molecule has 0 bridgehead atoms. The summed E-state index contributed by atoms with van der Waals surface area (Å²) < 4.78 is 12.8. The molecule has 0 amide bonds. The summed E-state index contributed by atoms with van der Waals surface area (Å²) in [5.74, 6) is 0.980. The Hall–Kier alpha value is -4.04. The summed E-state index contributed by atoms with van der Waals surface area (Å²) in [4.78, 5) is 0. The molecule has 2 nitrogen and oxygen atoms in total. The zero-order valence-electron chi connectivity index (χ0n) is 20.1. The zero-order chi connectivity index (χ0) is 23.7. The van der Waals surface area contributed by atoms with Crippen LogP contribution in [0.4, 0.5) is 0 Å². The van der Waals surface area contributed by atoms with Crippen LogP contribution in [0.2, 0.25) is 0 Å². The Labute approximate surface area is 205 Å². The first-order valence-corrected chi connectivity index (χ1v) is 12.2. The molecular formula is C33H26O2. The number of allylic oxidation sites excluding steroid dienone is 2. The van der Waals surface area contributed by atoms with Crippen molar-refractivity contribution in [3.05, 3.63) is 114 Å². The minimum Gasteiger partial charge on any atom is -0.484 e. The fourth-order valence-electron chi connectivity index (χ4n) is 5.67. The molecule has 0 spiro atoms. The molecular weight excluding hydrogens is 428 g/mol. The first-order valence-electron chi connectivity index (χ1n) is 12.2. The molecule has 170 valence electrons. The Morgan fingerprint density at radius 2 is 1.51 bits per heavy atom. The highest BCUT2D eigenvalue weighted by molar-refractivity contribution is 6.06. The van der Waals surface area contributed by atoms with Gasteiger partial charge in [0.25, 0.3) is 0 Å². The molecule has 0 saturated carbocycles. The molecule has 1 aliphatic heterocycles. The molecule has 0 fully saturated rings. The van der Waals surface area contributed by atoms with Crippen LogP contribution in [0.1, 0.15) is 23.6 Å². The van der Waals surface area contributed by atoms with Crippen molar-refractivity contribution >= 4 is 21.9 Å². The maximum atomic E-state index is 6.65. The molecule has 7 rings (SSSR count). The molecule has 2 unspecified atom stereocenters. The van der Waals surface area contributed by atoms with Gasteiger partial charge in [-0.15, -0.1) is 0 Å². The second-order valence-electron chi connectivity index (χ2n) is 10.1. The van der Waals surface area contributed by atoms with Gasteiger partial charge in [-0.05, 0) is 79.9 Å². The molecule has 35 heavy (non-hydrogen) atoms. The van der Waals surface area contributed by atoms with Gasteiger partial charge in [-0.3, -0.25) is 0 Å². The lowest BCUT2D eigenvalue weighted by atomic mass is 9.75. The summed E-state index contributed by atoms with van der Waals surface area (Å²) >= 11 is 0. The average Bonchev–Trinajstić information content (AvgIpc) is 3.37. The highest BCUT2D eigenvalue weighted by atomic mass is 16.5. The van der Waals surface area contributed by atoms with Gasteiger partial charge < -0.3 is 9.15 Å². The van der Waals surface area contributed by atoms with Crippen molar-refractivity contribution < 1.29 is 9.15 Å². The van der Waals surface area contributed by atoms with E-state index in [1.165, 1.54) is 27.8 Å². The standard InChI is InChI=1S/C33H26O2/c1-20-7-6-8-22(15-20)24-18-25(32-28(19-24)33(3)14-5-4-9-31(33)35-32)23-11-13-30-27(17-23)26-16-21(2)10-12-29(26)34-30/h4-19,31H,1-3H3. The van der Waals surface area contributed by atoms with Crippen molar-refractivity contribution in [2.75, 3.05) is 0 Å². The van der Waals surface area contributed by atoms with Crippen LogP contribution in [0.15, 0.2) is 102 Å². The average molecular weight is 455 g/mol. The second-order valence-corrected chi connectivity index (χ2v) is 10.1. The number of ether oxygens (including phenoxy) is 1. The molecule has 2 aliphatic rings. The molecule has 1 aliphatic carbocycles. The van der Waals surface area contributed by atoms with E-state index in [0.29, 0.717) is 0 Å². The first-order chi connectivity index (χ1) is 17.0. The van der Waals surface area contributed by atoms with Crippen molar-refractivity contribution in [3.63, 3.8) is 0 Å². The van der Waals surface area contributed by atoms with Crippen LogP contribution in [0.5, 0.6) is 5.75 Å². The Balaban J connectivity index is 1.50. The fourth-order valence-corrected chi connectivity index (χ4v) is 5.67. The number of hydrogen-bond acceptors (Lipinski definition) is 2. The Morgan fingerprint density at radius 1 is 0.714 bits per heavy atom. The normalized spacial score (nSPS) is 20.3. The van der Waals surface area contributed by atoms with Crippen LogP contribution in [0.3, 0.4) is 0 Å². The second kappa shape index (κ2) is 7.23. The lowest BCUT2D eigenvalue weighted by Gasteiger charge is -2.27. The number of furan rings is 1. The predicted octanol–water partition coefficient (Wildman–Crippen LogP) is 8.68. The Morgan fingerprint density at radius 3 is 2.37 bits per heavy atom. The zero-order valence-corrected chi connectivity index (χ0v) is 20.1. The molecule has 0 saturated heterocycles. The van der Waals surface area contributed by atoms with Crippen LogP contribution in [0.25, 0.3) is 44.2 Å². The van der Waals surface area contributed by atoms with Gasteiger partial charge in [-0.1, -0.05) is 65.8 Å². The van der Waals surface area contributed by atoms with Gasteiger partial charge in [0, 0.05) is 21.9 Å². The van der Waals surface area contributed by atoms with Crippen molar-refractivity contribution in [1.82, 2.24) is 0 Å². The van der Waals surface area contributed by atoms with E-state index < -0.39 is 0 Å². The van der Waals surface area contributed by atoms with Crippen molar-refractivity contribution in [1.29, 1.82) is 0 Å². The quantitative estimate of drug-likeness (QED) is 0.266. The fraction of sp³-hybridized carbons (Fsp3) is 0.152. The molecule has 4 aromatic carbocycles. The van der Waals surface area contributed by atoms with Gasteiger partial charge >= 0.3 is 0 Å². The minimum atomic E-state index is -0.192. The van der Waals surface area contributed by atoms with E-state index in [4.69, 9.17) is 9.15 Å². The number of benzene rings is 4. The van der Waals surface area contributed by atoms with Crippen LogP contribution in [-0.4, -0.2) is 6.10 Å². The monoisotopic (exact) mass is 454 g/mol. The highest BCUT2D eigenvalue weighted by Crippen LogP contribution is 2.52. The van der Waals surface area contributed by atoms with Crippen LogP contribution in [0, 0.1) is 13.8 Å². The smallest absolute Gasteiger partial charge is 0.135 e. The van der Waals surface area contributed by atoms with E-state index >= 15 is 0 Å². The Kier molecular flexibility index (Phi) is 4.20. The minimum absolute atomic E-state index is 0.00449. The van der Waals surface area contributed by atoms with Crippen LogP contribution in [-0.2, 0) is 5.41 Å². The van der Waals surface area contributed by atoms with Crippen LogP contribution >= 0.6 is 0 Å².